The lowest BCUT2D eigenvalue weighted by molar-refractivity contribution is -0.117. The summed E-state index contributed by atoms with van der Waals surface area (Å²) in [6.07, 6.45) is 1.51. The first kappa shape index (κ1) is 32.8. The summed E-state index contributed by atoms with van der Waals surface area (Å²) >= 11 is 1.43. The summed E-state index contributed by atoms with van der Waals surface area (Å²) < 4.78 is 5.99. The molecular formula is C41H33N3O4S. The molecule has 6 rings (SSSR count). The maximum absolute atomic E-state index is 13.8. The van der Waals surface area contributed by atoms with Crippen molar-refractivity contribution in [2.24, 2.45) is 0 Å². The number of carbonyl (C=O) groups is 3. The molecule has 0 saturated heterocycles. The predicted molar refractivity (Wildman–Crippen MR) is 196 cm³/mol. The first-order valence-corrected chi connectivity index (χ1v) is 16.6. The lowest BCUT2D eigenvalue weighted by atomic mass is 10.2. The van der Waals surface area contributed by atoms with Gasteiger partial charge in [-0.2, -0.15) is 0 Å². The van der Waals surface area contributed by atoms with Crippen molar-refractivity contribution in [1.82, 2.24) is 5.32 Å². The number of nitrogens with one attached hydrogen (secondary N) is 2. The Labute approximate surface area is 289 Å². The maximum atomic E-state index is 13.8. The summed E-state index contributed by atoms with van der Waals surface area (Å²) in [4.78, 5) is 43.0. The quantitative estimate of drug-likeness (QED) is 0.107. The van der Waals surface area contributed by atoms with Crippen LogP contribution >= 0.6 is 11.8 Å². The lowest BCUT2D eigenvalue weighted by Crippen LogP contribution is -2.32. The zero-order chi connectivity index (χ0) is 34.0. The lowest BCUT2D eigenvalue weighted by Gasteiger charge is -2.26. The Morgan fingerprint density at radius 2 is 1.22 bits per heavy atom. The molecule has 0 aliphatic carbocycles. The number of rotatable bonds is 11. The summed E-state index contributed by atoms with van der Waals surface area (Å²) in [7, 11) is 0. The van der Waals surface area contributed by atoms with Crippen molar-refractivity contribution in [3.8, 4) is 11.3 Å². The van der Waals surface area contributed by atoms with Crippen LogP contribution in [0, 0.1) is 0 Å². The highest BCUT2D eigenvalue weighted by Crippen LogP contribution is 2.32. The van der Waals surface area contributed by atoms with Gasteiger partial charge < -0.3 is 15.1 Å². The standard InChI is InChI=1S/C41H33N3O4S/c1-29(41(47)44(33-18-10-4-11-19-33)34-20-12-5-13-21-34)49-36-25-22-32(23-26-36)42-40(46)37(43-39(45)31-16-8-3-9-17-31)28-35-24-27-38(48-35)30-14-6-2-7-15-30/h2-29H,1H3,(H,42,46)(H,43,45)/b37-28+/t29-/m1/s1. The molecule has 2 N–H and O–H groups in total. The molecule has 0 aliphatic heterocycles. The number of hydrogen-bond donors (Lipinski definition) is 2. The van der Waals surface area contributed by atoms with E-state index >= 15 is 0 Å². The molecule has 8 heteroatoms. The molecule has 3 amide bonds. The largest absolute Gasteiger partial charge is 0.457 e. The van der Waals surface area contributed by atoms with E-state index < -0.39 is 17.1 Å². The Morgan fingerprint density at radius 1 is 0.673 bits per heavy atom. The average molecular weight is 664 g/mol. The van der Waals surface area contributed by atoms with E-state index in [9.17, 15) is 14.4 Å². The van der Waals surface area contributed by atoms with E-state index in [1.807, 2.05) is 122 Å². The Kier molecular flexibility index (Phi) is 10.5. The van der Waals surface area contributed by atoms with Crippen molar-refractivity contribution in [2.75, 3.05) is 10.2 Å². The number of amides is 3. The molecule has 0 aliphatic rings. The van der Waals surface area contributed by atoms with Crippen molar-refractivity contribution >= 4 is 52.6 Å². The van der Waals surface area contributed by atoms with Crippen LogP contribution in [0.2, 0.25) is 0 Å². The first-order valence-electron chi connectivity index (χ1n) is 15.7. The van der Waals surface area contributed by atoms with Crippen molar-refractivity contribution < 1.29 is 18.8 Å². The van der Waals surface area contributed by atoms with Crippen LogP contribution in [-0.4, -0.2) is 23.0 Å². The molecule has 5 aromatic carbocycles. The van der Waals surface area contributed by atoms with Gasteiger partial charge in [0, 0.05) is 39.2 Å². The summed E-state index contributed by atoms with van der Waals surface area (Å²) in [5.74, 6) is 0.0341. The van der Waals surface area contributed by atoms with Gasteiger partial charge in [-0.1, -0.05) is 84.9 Å². The first-order chi connectivity index (χ1) is 23.9. The zero-order valence-corrected chi connectivity index (χ0v) is 27.5. The minimum atomic E-state index is -0.521. The number of anilines is 3. The van der Waals surface area contributed by atoms with Gasteiger partial charge >= 0.3 is 0 Å². The molecule has 0 bridgehead atoms. The number of para-hydroxylation sites is 2. The molecule has 7 nitrogen and oxygen atoms in total. The van der Waals surface area contributed by atoms with E-state index in [1.54, 1.807) is 47.4 Å². The molecule has 242 valence electrons. The van der Waals surface area contributed by atoms with Crippen LogP contribution in [-0.2, 0) is 9.59 Å². The monoisotopic (exact) mass is 663 g/mol. The van der Waals surface area contributed by atoms with Gasteiger partial charge in [0.2, 0.25) is 5.91 Å². The molecule has 1 aromatic heterocycles. The summed E-state index contributed by atoms with van der Waals surface area (Å²) in [5.41, 5.74) is 3.42. The summed E-state index contributed by atoms with van der Waals surface area (Å²) in [5, 5.41) is 5.21. The van der Waals surface area contributed by atoms with E-state index in [0.717, 1.165) is 21.8 Å². The number of hydrogen-bond acceptors (Lipinski definition) is 5. The van der Waals surface area contributed by atoms with Gasteiger partial charge in [0.25, 0.3) is 11.8 Å². The number of benzene rings is 5. The van der Waals surface area contributed by atoms with Crippen LogP contribution in [0.15, 0.2) is 173 Å². The van der Waals surface area contributed by atoms with Gasteiger partial charge in [0.05, 0.1) is 5.25 Å². The Bertz CT molecular complexity index is 2010. The molecule has 1 heterocycles. The highest BCUT2D eigenvalue weighted by molar-refractivity contribution is 8.00. The third-order valence-corrected chi connectivity index (χ3v) is 8.62. The van der Waals surface area contributed by atoms with Crippen molar-refractivity contribution in [1.29, 1.82) is 0 Å². The third-order valence-electron chi connectivity index (χ3n) is 7.52. The third kappa shape index (κ3) is 8.43. The SMILES string of the molecule is C[C@@H](Sc1ccc(NC(=O)/C(=C\c2ccc(-c3ccccc3)o2)NC(=O)c2ccccc2)cc1)C(=O)N(c1ccccc1)c1ccccc1. The van der Waals surface area contributed by atoms with E-state index in [-0.39, 0.29) is 11.6 Å². The van der Waals surface area contributed by atoms with Gasteiger partial charge in [-0.3, -0.25) is 19.3 Å². The highest BCUT2D eigenvalue weighted by Gasteiger charge is 2.24. The number of carbonyl (C=O) groups excluding carboxylic acids is 3. The number of nitrogens with zero attached hydrogens (tertiary/aromatic N) is 1. The van der Waals surface area contributed by atoms with Crippen LogP contribution in [0.4, 0.5) is 17.1 Å². The molecule has 0 unspecified atom stereocenters. The van der Waals surface area contributed by atoms with E-state index in [2.05, 4.69) is 10.6 Å². The van der Waals surface area contributed by atoms with Gasteiger partial charge in [-0.25, -0.2) is 0 Å². The van der Waals surface area contributed by atoms with Crippen molar-refractivity contribution in [3.05, 3.63) is 175 Å². The number of thioether (sulfide) groups is 1. The van der Waals surface area contributed by atoms with Crippen molar-refractivity contribution in [2.45, 2.75) is 17.1 Å². The van der Waals surface area contributed by atoms with E-state index in [4.69, 9.17) is 4.42 Å². The van der Waals surface area contributed by atoms with Crippen LogP contribution in [0.5, 0.6) is 0 Å². The van der Waals surface area contributed by atoms with E-state index in [0.29, 0.717) is 22.8 Å². The minimum absolute atomic E-state index is 0.0161. The second-order valence-corrected chi connectivity index (χ2v) is 12.4. The van der Waals surface area contributed by atoms with Crippen LogP contribution in [0.3, 0.4) is 0 Å². The fraction of sp³-hybridized carbons (Fsp3) is 0.0488. The Balaban J connectivity index is 1.17. The zero-order valence-electron chi connectivity index (χ0n) is 26.7. The molecule has 49 heavy (non-hydrogen) atoms. The Morgan fingerprint density at radius 3 is 1.82 bits per heavy atom. The highest BCUT2D eigenvalue weighted by atomic mass is 32.2. The molecule has 0 saturated carbocycles. The summed E-state index contributed by atoms with van der Waals surface area (Å²) in [6, 6.07) is 48.2. The van der Waals surface area contributed by atoms with Crippen LogP contribution in [0.25, 0.3) is 17.4 Å². The predicted octanol–water partition coefficient (Wildman–Crippen LogP) is 9.20. The molecule has 0 radical (unpaired) electrons. The second kappa shape index (κ2) is 15.6. The maximum Gasteiger partial charge on any atom is 0.272 e. The van der Waals surface area contributed by atoms with Crippen molar-refractivity contribution in [3.63, 3.8) is 0 Å². The fourth-order valence-electron chi connectivity index (χ4n) is 5.08. The molecule has 1 atom stereocenters. The van der Waals surface area contributed by atoms with Crippen LogP contribution in [0.1, 0.15) is 23.0 Å². The smallest absolute Gasteiger partial charge is 0.272 e. The fourth-order valence-corrected chi connectivity index (χ4v) is 5.99. The number of furan rings is 1. The summed E-state index contributed by atoms with van der Waals surface area (Å²) in [6.45, 7) is 1.88. The van der Waals surface area contributed by atoms with Gasteiger partial charge in [-0.05, 0) is 79.7 Å². The minimum Gasteiger partial charge on any atom is -0.457 e. The topological polar surface area (TPSA) is 91.6 Å². The molecule has 0 spiro atoms. The molecule has 6 aromatic rings. The van der Waals surface area contributed by atoms with Crippen LogP contribution < -0.4 is 15.5 Å². The van der Waals surface area contributed by atoms with Gasteiger partial charge in [0.1, 0.15) is 17.2 Å². The second-order valence-electron chi connectivity index (χ2n) is 11.0. The average Bonchev–Trinajstić information content (AvgIpc) is 3.62. The Hall–Kier alpha value is -6.12. The normalized spacial score (nSPS) is 11.7. The van der Waals surface area contributed by atoms with E-state index in [1.165, 1.54) is 17.8 Å². The molecule has 0 fully saturated rings. The van der Waals surface area contributed by atoms with Gasteiger partial charge in [0.15, 0.2) is 0 Å². The molecular weight excluding hydrogens is 631 g/mol. The van der Waals surface area contributed by atoms with Gasteiger partial charge in [-0.15, -0.1) is 11.8 Å².